The number of aromatic amines is 1. The molecule has 1 amide bonds. The summed E-state index contributed by atoms with van der Waals surface area (Å²) in [6.07, 6.45) is 2.39. The summed E-state index contributed by atoms with van der Waals surface area (Å²) in [6.45, 7) is 1.97. The molecule has 4 nitrogen and oxygen atoms in total. The highest BCUT2D eigenvalue weighted by atomic mass is 79.9. The number of H-pyrrole nitrogens is 1. The zero-order valence-electron chi connectivity index (χ0n) is 13.4. The molecule has 1 atom stereocenters. The average Bonchev–Trinajstić information content (AvgIpc) is 2.92. The van der Waals surface area contributed by atoms with E-state index in [0.29, 0.717) is 16.8 Å². The lowest BCUT2D eigenvalue weighted by Crippen LogP contribution is -2.39. The lowest BCUT2D eigenvalue weighted by Gasteiger charge is -2.19. The van der Waals surface area contributed by atoms with Crippen LogP contribution in [0.1, 0.15) is 23.0 Å². The van der Waals surface area contributed by atoms with Crippen molar-refractivity contribution in [3.05, 3.63) is 64.1 Å². The molecule has 0 bridgehead atoms. The van der Waals surface area contributed by atoms with Gasteiger partial charge < -0.3 is 10.3 Å². The standard InChI is InChI=1S/C19H15BrFN3O/c1-10-8-15-16(19(25)23-10)17(20)18(24-15)11-6-7-22-14(9-11)12-4-2-3-5-13(12)21/h2-7,9-10,24H,8H2,1H3,(H,23,25). The number of carbonyl (C=O) groups excluding carboxylic acids is 1. The predicted octanol–water partition coefficient (Wildman–Crippen LogP) is 4.32. The van der Waals surface area contributed by atoms with E-state index in [0.717, 1.165) is 27.8 Å². The highest BCUT2D eigenvalue weighted by Gasteiger charge is 2.28. The Labute approximate surface area is 152 Å². The van der Waals surface area contributed by atoms with Gasteiger partial charge in [0.2, 0.25) is 0 Å². The minimum absolute atomic E-state index is 0.0878. The molecule has 0 fully saturated rings. The van der Waals surface area contributed by atoms with E-state index in [1.54, 1.807) is 24.4 Å². The van der Waals surface area contributed by atoms with E-state index in [4.69, 9.17) is 0 Å². The predicted molar refractivity (Wildman–Crippen MR) is 97.7 cm³/mol. The first-order chi connectivity index (χ1) is 12.0. The molecule has 2 aromatic heterocycles. The number of aromatic nitrogens is 2. The van der Waals surface area contributed by atoms with Crippen molar-refractivity contribution in [1.82, 2.24) is 15.3 Å². The number of nitrogens with one attached hydrogen (secondary N) is 2. The summed E-state index contributed by atoms with van der Waals surface area (Å²) < 4.78 is 14.8. The maximum atomic E-state index is 14.1. The van der Waals surface area contributed by atoms with Crippen molar-refractivity contribution in [1.29, 1.82) is 0 Å². The van der Waals surface area contributed by atoms with E-state index in [-0.39, 0.29) is 17.8 Å². The van der Waals surface area contributed by atoms with Crippen molar-refractivity contribution >= 4 is 21.8 Å². The second-order valence-electron chi connectivity index (χ2n) is 6.16. The summed E-state index contributed by atoms with van der Waals surface area (Å²) in [4.78, 5) is 19.9. The van der Waals surface area contributed by atoms with Gasteiger partial charge in [0.15, 0.2) is 0 Å². The van der Waals surface area contributed by atoms with E-state index in [1.807, 2.05) is 19.1 Å². The SMILES string of the molecule is CC1Cc2[nH]c(-c3ccnc(-c4ccccc4F)c3)c(Br)c2C(=O)N1. The zero-order chi connectivity index (χ0) is 17.6. The fourth-order valence-electron chi connectivity index (χ4n) is 3.17. The van der Waals surface area contributed by atoms with Crippen LogP contribution in [0.25, 0.3) is 22.5 Å². The van der Waals surface area contributed by atoms with Gasteiger partial charge in [0.25, 0.3) is 5.91 Å². The van der Waals surface area contributed by atoms with Crippen LogP contribution in [0, 0.1) is 5.82 Å². The highest BCUT2D eigenvalue weighted by Crippen LogP contribution is 2.36. The van der Waals surface area contributed by atoms with Crippen LogP contribution in [-0.4, -0.2) is 21.9 Å². The van der Waals surface area contributed by atoms with Gasteiger partial charge in [-0.05, 0) is 47.1 Å². The maximum absolute atomic E-state index is 14.1. The molecule has 1 aliphatic heterocycles. The molecule has 3 aromatic rings. The quantitative estimate of drug-likeness (QED) is 0.673. The number of halogens is 2. The van der Waals surface area contributed by atoms with Crippen LogP contribution >= 0.6 is 15.9 Å². The fourth-order valence-corrected chi connectivity index (χ4v) is 3.92. The number of hydrogen-bond acceptors (Lipinski definition) is 2. The van der Waals surface area contributed by atoms with Crippen LogP contribution in [0.15, 0.2) is 47.1 Å². The van der Waals surface area contributed by atoms with Gasteiger partial charge in [-0.2, -0.15) is 0 Å². The normalized spacial score (nSPS) is 16.4. The Balaban J connectivity index is 1.82. The van der Waals surface area contributed by atoms with Crippen LogP contribution in [0.2, 0.25) is 0 Å². The van der Waals surface area contributed by atoms with Crippen molar-refractivity contribution in [2.75, 3.05) is 0 Å². The molecule has 1 aromatic carbocycles. The Morgan fingerprint density at radius 3 is 2.88 bits per heavy atom. The largest absolute Gasteiger partial charge is 0.357 e. The lowest BCUT2D eigenvalue weighted by atomic mass is 10.0. The monoisotopic (exact) mass is 399 g/mol. The van der Waals surface area contributed by atoms with Gasteiger partial charge in [0.1, 0.15) is 5.82 Å². The fraction of sp³-hybridized carbons (Fsp3) is 0.158. The molecule has 3 heterocycles. The first-order valence-corrected chi connectivity index (χ1v) is 8.76. The van der Waals surface area contributed by atoms with Crippen LogP contribution in [0.3, 0.4) is 0 Å². The van der Waals surface area contributed by atoms with Crippen molar-refractivity contribution in [3.63, 3.8) is 0 Å². The molecule has 2 N–H and O–H groups in total. The maximum Gasteiger partial charge on any atom is 0.254 e. The number of benzene rings is 1. The topological polar surface area (TPSA) is 57.8 Å². The molecule has 126 valence electrons. The molecule has 6 heteroatoms. The third kappa shape index (κ3) is 2.76. The molecule has 0 saturated carbocycles. The summed E-state index contributed by atoms with van der Waals surface area (Å²) >= 11 is 3.54. The van der Waals surface area contributed by atoms with Crippen molar-refractivity contribution in [2.45, 2.75) is 19.4 Å². The van der Waals surface area contributed by atoms with E-state index in [1.165, 1.54) is 6.07 Å². The molecule has 0 radical (unpaired) electrons. The third-order valence-electron chi connectivity index (χ3n) is 4.33. The summed E-state index contributed by atoms with van der Waals surface area (Å²) in [7, 11) is 0. The molecule has 0 spiro atoms. The third-order valence-corrected chi connectivity index (χ3v) is 5.12. The summed E-state index contributed by atoms with van der Waals surface area (Å²) in [5.74, 6) is -0.406. The second kappa shape index (κ2) is 6.11. The minimum atomic E-state index is -0.315. The van der Waals surface area contributed by atoms with Gasteiger partial charge in [-0.1, -0.05) is 12.1 Å². The average molecular weight is 400 g/mol. The van der Waals surface area contributed by atoms with E-state index in [2.05, 4.69) is 31.2 Å². The summed E-state index contributed by atoms with van der Waals surface area (Å²) in [5.41, 5.74) is 4.18. The van der Waals surface area contributed by atoms with Crippen molar-refractivity contribution in [2.24, 2.45) is 0 Å². The Bertz CT molecular complexity index is 983. The Hall–Kier alpha value is -2.47. The molecule has 1 unspecified atom stereocenters. The summed E-state index contributed by atoms with van der Waals surface area (Å²) in [5, 5.41) is 2.93. The van der Waals surface area contributed by atoms with Gasteiger partial charge in [0, 0.05) is 35.5 Å². The van der Waals surface area contributed by atoms with Gasteiger partial charge >= 0.3 is 0 Å². The van der Waals surface area contributed by atoms with Crippen LogP contribution in [-0.2, 0) is 6.42 Å². The Morgan fingerprint density at radius 2 is 2.08 bits per heavy atom. The number of carbonyl (C=O) groups is 1. The number of hydrogen-bond donors (Lipinski definition) is 2. The zero-order valence-corrected chi connectivity index (χ0v) is 15.0. The number of nitrogens with zero attached hydrogens (tertiary/aromatic N) is 1. The van der Waals surface area contributed by atoms with Crippen LogP contribution in [0.5, 0.6) is 0 Å². The lowest BCUT2D eigenvalue weighted by molar-refractivity contribution is 0.0928. The smallest absolute Gasteiger partial charge is 0.254 e. The first-order valence-electron chi connectivity index (χ1n) is 7.97. The van der Waals surface area contributed by atoms with Crippen molar-refractivity contribution in [3.8, 4) is 22.5 Å². The van der Waals surface area contributed by atoms with Crippen molar-refractivity contribution < 1.29 is 9.18 Å². The van der Waals surface area contributed by atoms with Crippen LogP contribution < -0.4 is 5.32 Å². The highest BCUT2D eigenvalue weighted by molar-refractivity contribution is 9.10. The number of pyridine rings is 1. The van der Waals surface area contributed by atoms with Gasteiger partial charge in [0.05, 0.1) is 21.4 Å². The molecule has 0 aliphatic carbocycles. The summed E-state index contributed by atoms with van der Waals surface area (Å²) in [6, 6.07) is 10.3. The Morgan fingerprint density at radius 1 is 1.28 bits per heavy atom. The van der Waals surface area contributed by atoms with E-state index >= 15 is 0 Å². The molecule has 4 rings (SSSR count). The molecule has 0 saturated heterocycles. The Kier molecular flexibility index (Phi) is 3.92. The van der Waals surface area contributed by atoms with Gasteiger partial charge in [-0.25, -0.2) is 4.39 Å². The van der Waals surface area contributed by atoms with E-state index < -0.39 is 0 Å². The number of rotatable bonds is 2. The number of amides is 1. The molecular weight excluding hydrogens is 385 g/mol. The van der Waals surface area contributed by atoms with Gasteiger partial charge in [-0.15, -0.1) is 0 Å². The van der Waals surface area contributed by atoms with Gasteiger partial charge in [-0.3, -0.25) is 9.78 Å². The minimum Gasteiger partial charge on any atom is -0.357 e. The second-order valence-corrected chi connectivity index (χ2v) is 6.95. The molecular formula is C19H15BrFN3O. The van der Waals surface area contributed by atoms with Crippen LogP contribution in [0.4, 0.5) is 4.39 Å². The number of fused-ring (bicyclic) bond motifs is 1. The first kappa shape index (κ1) is 16.0. The molecule has 25 heavy (non-hydrogen) atoms. The molecule has 1 aliphatic rings. The van der Waals surface area contributed by atoms with E-state index in [9.17, 15) is 9.18 Å².